The van der Waals surface area contributed by atoms with E-state index in [-0.39, 0.29) is 32.4 Å². The fraction of sp³-hybridized carbons (Fsp3) is 0.188. The first-order valence-corrected chi connectivity index (χ1v) is 9.15. The van der Waals surface area contributed by atoms with Gasteiger partial charge in [0.25, 0.3) is 11.6 Å². The van der Waals surface area contributed by atoms with Crippen LogP contribution in [0.25, 0.3) is 0 Å². The predicted octanol–water partition coefficient (Wildman–Crippen LogP) is 3.06. The lowest BCUT2D eigenvalue weighted by Crippen LogP contribution is -2.23. The molecule has 0 spiro atoms. The lowest BCUT2D eigenvalue weighted by molar-refractivity contribution is -0.385. The number of anilines is 1. The zero-order valence-electron chi connectivity index (χ0n) is 14.2. The lowest BCUT2D eigenvalue weighted by atomic mass is 10.1. The minimum absolute atomic E-state index is 0.0551. The number of amides is 1. The third-order valence-electron chi connectivity index (χ3n) is 3.71. The van der Waals surface area contributed by atoms with Crippen molar-refractivity contribution in [2.45, 2.75) is 11.8 Å². The standard InChI is InChI=1S/C16H16ClN3O5S/c1-10-14(5-4-6-15(10)20(22)23)18-16(21)12-9-11(7-8-13(12)17)26(24,25)19(2)3/h4-9H,1-3H3,(H,18,21). The number of nitro benzene ring substituents is 1. The van der Waals surface area contributed by atoms with E-state index < -0.39 is 20.9 Å². The summed E-state index contributed by atoms with van der Waals surface area (Å²) in [5.41, 5.74) is 0.318. The molecule has 0 atom stereocenters. The van der Waals surface area contributed by atoms with Gasteiger partial charge in [-0.25, -0.2) is 12.7 Å². The van der Waals surface area contributed by atoms with Crippen molar-refractivity contribution in [3.63, 3.8) is 0 Å². The number of carbonyl (C=O) groups excluding carboxylic acids is 1. The molecule has 8 nitrogen and oxygen atoms in total. The maximum Gasteiger partial charge on any atom is 0.274 e. The molecule has 0 fully saturated rings. The highest BCUT2D eigenvalue weighted by Crippen LogP contribution is 2.27. The van der Waals surface area contributed by atoms with Crippen LogP contribution in [-0.4, -0.2) is 37.6 Å². The lowest BCUT2D eigenvalue weighted by Gasteiger charge is -2.14. The Labute approximate surface area is 155 Å². The van der Waals surface area contributed by atoms with Crippen molar-refractivity contribution in [1.29, 1.82) is 0 Å². The van der Waals surface area contributed by atoms with E-state index in [4.69, 9.17) is 11.6 Å². The van der Waals surface area contributed by atoms with E-state index >= 15 is 0 Å². The van der Waals surface area contributed by atoms with Gasteiger partial charge in [-0.05, 0) is 31.2 Å². The van der Waals surface area contributed by atoms with Crippen molar-refractivity contribution in [1.82, 2.24) is 4.31 Å². The number of benzene rings is 2. The number of halogens is 1. The minimum Gasteiger partial charge on any atom is -0.321 e. The number of nitrogens with one attached hydrogen (secondary N) is 1. The molecule has 0 aliphatic heterocycles. The van der Waals surface area contributed by atoms with E-state index in [2.05, 4.69) is 5.32 Å². The molecule has 2 aromatic rings. The average Bonchev–Trinajstić information content (AvgIpc) is 2.56. The van der Waals surface area contributed by atoms with Gasteiger partial charge in [0.1, 0.15) is 0 Å². The zero-order valence-corrected chi connectivity index (χ0v) is 15.8. The van der Waals surface area contributed by atoms with Crippen molar-refractivity contribution >= 4 is 38.9 Å². The Bertz CT molecular complexity index is 989. The van der Waals surface area contributed by atoms with Crippen molar-refractivity contribution in [2.75, 3.05) is 19.4 Å². The largest absolute Gasteiger partial charge is 0.321 e. The smallest absolute Gasteiger partial charge is 0.274 e. The molecule has 1 amide bonds. The third-order valence-corrected chi connectivity index (χ3v) is 5.85. The fourth-order valence-electron chi connectivity index (χ4n) is 2.20. The normalized spacial score (nSPS) is 11.4. The Morgan fingerprint density at radius 2 is 1.88 bits per heavy atom. The van der Waals surface area contributed by atoms with Crippen LogP contribution in [0.1, 0.15) is 15.9 Å². The topological polar surface area (TPSA) is 110 Å². The summed E-state index contributed by atoms with van der Waals surface area (Å²) in [5, 5.41) is 13.6. The van der Waals surface area contributed by atoms with Crippen molar-refractivity contribution < 1.29 is 18.1 Å². The molecular formula is C16H16ClN3O5S. The minimum atomic E-state index is -3.74. The van der Waals surface area contributed by atoms with Gasteiger partial charge in [-0.2, -0.15) is 0 Å². The van der Waals surface area contributed by atoms with Gasteiger partial charge in [0.05, 0.1) is 31.7 Å². The van der Waals surface area contributed by atoms with Gasteiger partial charge in [0.15, 0.2) is 0 Å². The number of nitrogens with zero attached hydrogens (tertiary/aromatic N) is 2. The predicted molar refractivity (Wildman–Crippen MR) is 98.1 cm³/mol. The second kappa shape index (κ2) is 7.40. The molecule has 0 aromatic heterocycles. The SMILES string of the molecule is Cc1c(NC(=O)c2cc(S(=O)(=O)N(C)C)ccc2Cl)cccc1[N+](=O)[O-]. The fourth-order valence-corrected chi connectivity index (χ4v) is 3.33. The molecule has 0 aliphatic rings. The molecule has 2 rings (SSSR count). The van der Waals surface area contributed by atoms with E-state index in [9.17, 15) is 23.3 Å². The number of hydrogen-bond donors (Lipinski definition) is 1. The monoisotopic (exact) mass is 397 g/mol. The second-order valence-corrected chi connectivity index (χ2v) is 8.15. The summed E-state index contributed by atoms with van der Waals surface area (Å²) in [4.78, 5) is 22.9. The number of nitro groups is 1. The second-order valence-electron chi connectivity index (χ2n) is 5.59. The number of carbonyl (C=O) groups is 1. The van der Waals surface area contributed by atoms with Gasteiger partial charge in [0.2, 0.25) is 10.0 Å². The molecule has 0 heterocycles. The van der Waals surface area contributed by atoms with Gasteiger partial charge in [0, 0.05) is 20.2 Å². The third kappa shape index (κ3) is 3.85. The first-order chi connectivity index (χ1) is 12.1. The first kappa shape index (κ1) is 19.8. The van der Waals surface area contributed by atoms with E-state index in [0.29, 0.717) is 0 Å². The van der Waals surface area contributed by atoms with Gasteiger partial charge in [-0.1, -0.05) is 17.7 Å². The maximum atomic E-state index is 12.5. The van der Waals surface area contributed by atoms with Crippen LogP contribution in [0.5, 0.6) is 0 Å². The van der Waals surface area contributed by atoms with Gasteiger partial charge in [-0.15, -0.1) is 0 Å². The summed E-state index contributed by atoms with van der Waals surface area (Å²) in [6, 6.07) is 8.05. The molecule has 2 aromatic carbocycles. The van der Waals surface area contributed by atoms with Gasteiger partial charge in [-0.3, -0.25) is 14.9 Å². The Morgan fingerprint density at radius 1 is 1.23 bits per heavy atom. The molecule has 0 radical (unpaired) electrons. The van der Waals surface area contributed by atoms with Crippen LogP contribution >= 0.6 is 11.6 Å². The summed E-state index contributed by atoms with van der Waals surface area (Å²) < 4.78 is 25.5. The molecule has 0 unspecified atom stereocenters. The Balaban J connectivity index is 2.43. The zero-order chi connectivity index (χ0) is 19.6. The molecule has 0 bridgehead atoms. The van der Waals surface area contributed by atoms with Crippen molar-refractivity contribution in [3.05, 3.63) is 62.7 Å². The molecule has 26 heavy (non-hydrogen) atoms. The van der Waals surface area contributed by atoms with Crippen LogP contribution in [0, 0.1) is 17.0 Å². The quantitative estimate of drug-likeness (QED) is 0.615. The maximum absolute atomic E-state index is 12.5. The number of rotatable bonds is 5. The van der Waals surface area contributed by atoms with E-state index in [1.807, 2.05) is 0 Å². The number of hydrogen-bond acceptors (Lipinski definition) is 5. The molecule has 0 saturated heterocycles. The highest BCUT2D eigenvalue weighted by atomic mass is 35.5. The van der Waals surface area contributed by atoms with E-state index in [1.165, 1.54) is 57.4 Å². The van der Waals surface area contributed by atoms with Crippen molar-refractivity contribution in [2.24, 2.45) is 0 Å². The summed E-state index contributed by atoms with van der Waals surface area (Å²) in [6.45, 7) is 1.50. The van der Waals surface area contributed by atoms with Crippen molar-refractivity contribution in [3.8, 4) is 0 Å². The molecule has 138 valence electrons. The van der Waals surface area contributed by atoms with Crippen LogP contribution in [0.2, 0.25) is 5.02 Å². The highest BCUT2D eigenvalue weighted by Gasteiger charge is 2.22. The first-order valence-electron chi connectivity index (χ1n) is 7.33. The molecule has 0 saturated carbocycles. The van der Waals surface area contributed by atoms with Crippen LogP contribution in [-0.2, 0) is 10.0 Å². The summed E-state index contributed by atoms with van der Waals surface area (Å²) in [5.74, 6) is -0.672. The van der Waals surface area contributed by atoms with Crippen LogP contribution in [0.15, 0.2) is 41.3 Å². The molecular weight excluding hydrogens is 382 g/mol. The van der Waals surface area contributed by atoms with E-state index in [1.54, 1.807) is 0 Å². The van der Waals surface area contributed by atoms with Crippen LogP contribution < -0.4 is 5.32 Å². The average molecular weight is 398 g/mol. The van der Waals surface area contributed by atoms with E-state index in [0.717, 1.165) is 4.31 Å². The summed E-state index contributed by atoms with van der Waals surface area (Å²) >= 11 is 6.03. The Hall–Kier alpha value is -2.49. The highest BCUT2D eigenvalue weighted by molar-refractivity contribution is 7.89. The summed E-state index contributed by atoms with van der Waals surface area (Å²) in [6.07, 6.45) is 0. The number of sulfonamides is 1. The van der Waals surface area contributed by atoms with Gasteiger partial charge < -0.3 is 5.32 Å². The van der Waals surface area contributed by atoms with Gasteiger partial charge >= 0.3 is 0 Å². The molecule has 10 heteroatoms. The summed E-state index contributed by atoms with van der Waals surface area (Å²) in [7, 11) is -1.00. The Kier molecular flexibility index (Phi) is 5.65. The van der Waals surface area contributed by atoms with Crippen LogP contribution in [0.4, 0.5) is 11.4 Å². The molecule has 1 N–H and O–H groups in total. The van der Waals surface area contributed by atoms with Crippen LogP contribution in [0.3, 0.4) is 0 Å². The Morgan fingerprint density at radius 3 is 2.46 bits per heavy atom. The molecule has 0 aliphatic carbocycles.